The number of hydrogen-bond donors (Lipinski definition) is 1. The maximum atomic E-state index is 5.33. The Morgan fingerprint density at radius 1 is 1.09 bits per heavy atom. The average Bonchev–Trinajstić information content (AvgIpc) is 3.00. The molecule has 1 heterocycles. The third-order valence-corrected chi connectivity index (χ3v) is 3.61. The van der Waals surface area contributed by atoms with Gasteiger partial charge in [0.15, 0.2) is 0 Å². The number of para-hydroxylation sites is 1. The molecular weight excluding hydrogens is 272 g/mol. The standard InChI is InChI=1S/C18H18N4/c1-2-14-8-10-15(11-9-14)18-16(12-20-19)13-22(21-18)17-6-4-3-5-7-17/h3-13H,2,19H2,1H3/b20-12-. The Bertz CT molecular complexity index is 771. The molecule has 0 saturated carbocycles. The van der Waals surface area contributed by atoms with E-state index in [4.69, 9.17) is 10.9 Å². The van der Waals surface area contributed by atoms with E-state index in [2.05, 4.69) is 36.3 Å². The van der Waals surface area contributed by atoms with Crippen LogP contribution in [0.4, 0.5) is 0 Å². The number of aromatic nitrogens is 2. The van der Waals surface area contributed by atoms with Gasteiger partial charge in [0.1, 0.15) is 5.69 Å². The number of hydrazone groups is 1. The van der Waals surface area contributed by atoms with E-state index < -0.39 is 0 Å². The molecule has 4 nitrogen and oxygen atoms in total. The van der Waals surface area contributed by atoms with Crippen LogP contribution >= 0.6 is 0 Å². The van der Waals surface area contributed by atoms with Gasteiger partial charge < -0.3 is 5.84 Å². The highest BCUT2D eigenvalue weighted by atomic mass is 15.3. The summed E-state index contributed by atoms with van der Waals surface area (Å²) in [6, 6.07) is 18.4. The quantitative estimate of drug-likeness (QED) is 0.455. The molecule has 4 heteroatoms. The van der Waals surface area contributed by atoms with E-state index in [0.717, 1.165) is 28.9 Å². The van der Waals surface area contributed by atoms with Crippen LogP contribution in [0.3, 0.4) is 0 Å². The topological polar surface area (TPSA) is 56.2 Å². The lowest BCUT2D eigenvalue weighted by Crippen LogP contribution is -1.94. The van der Waals surface area contributed by atoms with Gasteiger partial charge in [-0.15, -0.1) is 0 Å². The van der Waals surface area contributed by atoms with Crippen molar-refractivity contribution in [3.63, 3.8) is 0 Å². The van der Waals surface area contributed by atoms with Crippen LogP contribution in [0.15, 0.2) is 65.9 Å². The van der Waals surface area contributed by atoms with Gasteiger partial charge in [-0.1, -0.05) is 49.4 Å². The van der Waals surface area contributed by atoms with Gasteiger partial charge in [0, 0.05) is 17.3 Å². The maximum Gasteiger partial charge on any atom is 0.102 e. The lowest BCUT2D eigenvalue weighted by molar-refractivity contribution is 0.884. The minimum atomic E-state index is 0.876. The first-order valence-electron chi connectivity index (χ1n) is 7.29. The van der Waals surface area contributed by atoms with E-state index in [-0.39, 0.29) is 0 Å². The largest absolute Gasteiger partial charge is 0.323 e. The molecule has 0 saturated heterocycles. The molecule has 0 aliphatic rings. The van der Waals surface area contributed by atoms with Gasteiger partial charge in [0.2, 0.25) is 0 Å². The molecule has 0 spiro atoms. The van der Waals surface area contributed by atoms with E-state index in [1.165, 1.54) is 5.56 Å². The second-order valence-electron chi connectivity index (χ2n) is 5.04. The smallest absolute Gasteiger partial charge is 0.102 e. The van der Waals surface area contributed by atoms with Crippen molar-refractivity contribution in [2.75, 3.05) is 0 Å². The lowest BCUT2D eigenvalue weighted by atomic mass is 10.1. The summed E-state index contributed by atoms with van der Waals surface area (Å²) in [6.45, 7) is 2.14. The van der Waals surface area contributed by atoms with Crippen LogP contribution < -0.4 is 5.84 Å². The molecule has 0 bridgehead atoms. The first-order valence-corrected chi connectivity index (χ1v) is 7.29. The fourth-order valence-corrected chi connectivity index (χ4v) is 2.40. The van der Waals surface area contributed by atoms with Crippen molar-refractivity contribution in [2.45, 2.75) is 13.3 Å². The predicted molar refractivity (Wildman–Crippen MR) is 90.2 cm³/mol. The highest BCUT2D eigenvalue weighted by molar-refractivity contribution is 5.88. The average molecular weight is 290 g/mol. The zero-order chi connectivity index (χ0) is 15.4. The predicted octanol–water partition coefficient (Wildman–Crippen LogP) is 3.39. The first kappa shape index (κ1) is 14.1. The highest BCUT2D eigenvalue weighted by Gasteiger charge is 2.10. The third-order valence-electron chi connectivity index (χ3n) is 3.61. The van der Waals surface area contributed by atoms with Crippen molar-refractivity contribution in [3.05, 3.63) is 71.9 Å². The zero-order valence-electron chi connectivity index (χ0n) is 12.5. The number of hydrogen-bond acceptors (Lipinski definition) is 3. The maximum absolute atomic E-state index is 5.33. The van der Waals surface area contributed by atoms with Gasteiger partial charge in [-0.2, -0.15) is 10.2 Å². The Morgan fingerprint density at radius 2 is 1.82 bits per heavy atom. The first-order chi connectivity index (χ1) is 10.8. The van der Waals surface area contributed by atoms with Crippen LogP contribution in [0.1, 0.15) is 18.1 Å². The minimum absolute atomic E-state index is 0.876. The molecule has 22 heavy (non-hydrogen) atoms. The van der Waals surface area contributed by atoms with E-state index >= 15 is 0 Å². The SMILES string of the molecule is CCc1ccc(-c2nn(-c3ccccc3)cc2/C=N\N)cc1. The fourth-order valence-electron chi connectivity index (χ4n) is 2.40. The van der Waals surface area contributed by atoms with Crippen molar-refractivity contribution < 1.29 is 0 Å². The van der Waals surface area contributed by atoms with E-state index in [1.807, 2.05) is 41.2 Å². The second kappa shape index (κ2) is 6.26. The molecule has 0 radical (unpaired) electrons. The Morgan fingerprint density at radius 3 is 2.45 bits per heavy atom. The van der Waals surface area contributed by atoms with Crippen molar-refractivity contribution in [2.24, 2.45) is 10.9 Å². The van der Waals surface area contributed by atoms with E-state index in [9.17, 15) is 0 Å². The van der Waals surface area contributed by atoms with Gasteiger partial charge in [0.25, 0.3) is 0 Å². The number of rotatable bonds is 4. The van der Waals surface area contributed by atoms with Crippen LogP contribution in [0, 0.1) is 0 Å². The molecule has 110 valence electrons. The number of aryl methyl sites for hydroxylation is 1. The van der Waals surface area contributed by atoms with Crippen LogP contribution in [-0.2, 0) is 6.42 Å². The summed E-state index contributed by atoms with van der Waals surface area (Å²) in [6.07, 6.45) is 4.60. The number of nitrogens with two attached hydrogens (primary N) is 1. The molecule has 2 N–H and O–H groups in total. The Labute approximate surface area is 129 Å². The molecule has 0 fully saturated rings. The van der Waals surface area contributed by atoms with Crippen LogP contribution in [-0.4, -0.2) is 16.0 Å². The van der Waals surface area contributed by atoms with Crippen molar-refractivity contribution in [1.82, 2.24) is 9.78 Å². The summed E-state index contributed by atoms with van der Waals surface area (Å²) in [5.41, 5.74) is 5.14. The Balaban J connectivity index is 2.07. The normalized spacial score (nSPS) is 11.1. The fraction of sp³-hybridized carbons (Fsp3) is 0.111. The number of benzene rings is 2. The summed E-state index contributed by atoms with van der Waals surface area (Å²) in [4.78, 5) is 0. The van der Waals surface area contributed by atoms with Crippen LogP contribution in [0.2, 0.25) is 0 Å². The summed E-state index contributed by atoms with van der Waals surface area (Å²) < 4.78 is 1.85. The van der Waals surface area contributed by atoms with Gasteiger partial charge in [-0.05, 0) is 24.1 Å². The van der Waals surface area contributed by atoms with E-state index in [1.54, 1.807) is 6.21 Å². The lowest BCUT2D eigenvalue weighted by Gasteiger charge is -2.02. The molecule has 0 atom stereocenters. The summed E-state index contributed by atoms with van der Waals surface area (Å²) >= 11 is 0. The van der Waals surface area contributed by atoms with Gasteiger partial charge >= 0.3 is 0 Å². The third kappa shape index (κ3) is 2.76. The van der Waals surface area contributed by atoms with Crippen LogP contribution in [0.25, 0.3) is 16.9 Å². The second-order valence-corrected chi connectivity index (χ2v) is 5.04. The highest BCUT2D eigenvalue weighted by Crippen LogP contribution is 2.23. The molecular formula is C18H18N4. The molecule has 0 amide bonds. The van der Waals surface area contributed by atoms with Gasteiger partial charge in [-0.3, -0.25) is 0 Å². The summed E-state index contributed by atoms with van der Waals surface area (Å²) in [5, 5.41) is 8.35. The van der Waals surface area contributed by atoms with Gasteiger partial charge in [0.05, 0.1) is 11.9 Å². The molecule has 0 unspecified atom stereocenters. The molecule has 3 rings (SSSR count). The van der Waals surface area contributed by atoms with Gasteiger partial charge in [-0.25, -0.2) is 4.68 Å². The Hall–Kier alpha value is -2.88. The minimum Gasteiger partial charge on any atom is -0.323 e. The number of nitrogens with zero attached hydrogens (tertiary/aromatic N) is 3. The molecule has 2 aromatic carbocycles. The summed E-state index contributed by atoms with van der Waals surface area (Å²) in [5.74, 6) is 5.33. The molecule has 0 aliphatic carbocycles. The van der Waals surface area contributed by atoms with Crippen molar-refractivity contribution >= 4 is 6.21 Å². The Kier molecular flexibility index (Phi) is 4.01. The van der Waals surface area contributed by atoms with Crippen molar-refractivity contribution in [3.8, 4) is 16.9 Å². The summed E-state index contributed by atoms with van der Waals surface area (Å²) in [7, 11) is 0. The molecule has 3 aromatic rings. The monoisotopic (exact) mass is 290 g/mol. The van der Waals surface area contributed by atoms with Crippen molar-refractivity contribution in [1.29, 1.82) is 0 Å². The van der Waals surface area contributed by atoms with Crippen LogP contribution in [0.5, 0.6) is 0 Å². The molecule has 1 aromatic heterocycles. The molecule has 0 aliphatic heterocycles. The zero-order valence-corrected chi connectivity index (χ0v) is 12.5. The van der Waals surface area contributed by atoms with E-state index in [0.29, 0.717) is 0 Å².